The lowest BCUT2D eigenvalue weighted by Gasteiger charge is -2.04. The van der Waals surface area contributed by atoms with E-state index < -0.39 is 0 Å². The van der Waals surface area contributed by atoms with Crippen LogP contribution >= 0.6 is 11.6 Å². The first-order valence-corrected chi connectivity index (χ1v) is 6.21. The number of aromatic nitrogens is 2. The summed E-state index contributed by atoms with van der Waals surface area (Å²) in [4.78, 5) is 7.66. The van der Waals surface area contributed by atoms with E-state index in [1.807, 2.05) is 0 Å². The van der Waals surface area contributed by atoms with Crippen LogP contribution in [0.5, 0.6) is 0 Å². The number of nitrogens with one attached hydrogen (secondary N) is 1. The van der Waals surface area contributed by atoms with E-state index in [9.17, 15) is 0 Å². The maximum Gasteiger partial charge on any atom is 0.223 e. The Morgan fingerprint density at radius 1 is 1.00 bits per heavy atom. The molecule has 0 unspecified atom stereocenters. The summed E-state index contributed by atoms with van der Waals surface area (Å²) >= 11 is 5.66. The van der Waals surface area contributed by atoms with Crippen molar-refractivity contribution in [2.75, 3.05) is 5.32 Å². The first-order valence-electron chi connectivity index (χ1n) is 5.83. The molecule has 0 aliphatic carbocycles. The predicted octanol–water partition coefficient (Wildman–Crippen LogP) is 1.09. The van der Waals surface area contributed by atoms with Gasteiger partial charge >= 0.3 is 0 Å². The number of nitrogens with two attached hydrogens (primary N) is 3. The van der Waals surface area contributed by atoms with E-state index in [1.54, 1.807) is 36.4 Å². The van der Waals surface area contributed by atoms with Crippen molar-refractivity contribution in [2.45, 2.75) is 0 Å². The highest BCUT2D eigenvalue weighted by molar-refractivity contribution is 6.29. The first-order chi connectivity index (χ1) is 10.0. The van der Waals surface area contributed by atoms with Gasteiger partial charge in [-0.2, -0.15) is 4.99 Å². The number of nitrogens with zero attached hydrogens (tertiary/aromatic N) is 4. The molecule has 108 valence electrons. The van der Waals surface area contributed by atoms with Crippen molar-refractivity contribution >= 4 is 40.7 Å². The average Bonchev–Trinajstić information content (AvgIpc) is 2.42. The van der Waals surface area contributed by atoms with Gasteiger partial charge in [0.15, 0.2) is 16.9 Å². The van der Waals surface area contributed by atoms with E-state index in [4.69, 9.17) is 28.8 Å². The number of benzene rings is 1. The highest BCUT2D eigenvalue weighted by Crippen LogP contribution is 2.19. The number of rotatable bonds is 3. The Kier molecular flexibility index (Phi) is 4.52. The smallest absolute Gasteiger partial charge is 0.223 e. The zero-order valence-electron chi connectivity index (χ0n) is 10.9. The number of halogens is 1. The Morgan fingerprint density at radius 3 is 2.29 bits per heavy atom. The van der Waals surface area contributed by atoms with Gasteiger partial charge in [0, 0.05) is 5.69 Å². The molecule has 21 heavy (non-hydrogen) atoms. The molecule has 0 fully saturated rings. The Hall–Kier alpha value is -2.87. The summed E-state index contributed by atoms with van der Waals surface area (Å²) in [6.45, 7) is 0. The van der Waals surface area contributed by atoms with Crippen LogP contribution in [0.4, 0.5) is 17.2 Å². The monoisotopic (exact) mass is 304 g/mol. The molecule has 0 aliphatic rings. The molecule has 2 rings (SSSR count). The van der Waals surface area contributed by atoms with Crippen LogP contribution in [0, 0.1) is 0 Å². The molecule has 2 aromatic rings. The maximum atomic E-state index is 5.66. The SMILES string of the molecule is NC(N)=NC(N)=Nc1ccc(Nc2ccc(Cl)nn2)cc1. The van der Waals surface area contributed by atoms with Crippen molar-refractivity contribution in [1.82, 2.24) is 10.2 Å². The van der Waals surface area contributed by atoms with Crippen molar-refractivity contribution in [1.29, 1.82) is 0 Å². The molecular weight excluding hydrogens is 292 g/mol. The van der Waals surface area contributed by atoms with Crippen molar-refractivity contribution < 1.29 is 0 Å². The van der Waals surface area contributed by atoms with Crippen LogP contribution in [0.1, 0.15) is 0 Å². The zero-order valence-corrected chi connectivity index (χ0v) is 11.6. The molecule has 7 N–H and O–H groups in total. The third-order valence-corrected chi connectivity index (χ3v) is 2.46. The molecule has 0 atom stereocenters. The lowest BCUT2D eigenvalue weighted by atomic mass is 10.3. The minimum atomic E-state index is -0.143. The molecular formula is C12H13ClN8. The number of guanidine groups is 2. The summed E-state index contributed by atoms with van der Waals surface area (Å²) in [5.41, 5.74) is 17.4. The minimum absolute atomic E-state index is 0.0146. The molecule has 0 amide bonds. The maximum absolute atomic E-state index is 5.66. The fraction of sp³-hybridized carbons (Fsp3) is 0. The minimum Gasteiger partial charge on any atom is -0.370 e. The van der Waals surface area contributed by atoms with Crippen LogP contribution in [-0.4, -0.2) is 22.1 Å². The largest absolute Gasteiger partial charge is 0.370 e. The zero-order chi connectivity index (χ0) is 15.2. The van der Waals surface area contributed by atoms with E-state index in [0.29, 0.717) is 16.7 Å². The Bertz CT molecular complexity index is 659. The van der Waals surface area contributed by atoms with Gasteiger partial charge in [0.2, 0.25) is 5.96 Å². The average molecular weight is 305 g/mol. The fourth-order valence-corrected chi connectivity index (χ4v) is 1.54. The number of aliphatic imine (C=N–C) groups is 2. The lowest BCUT2D eigenvalue weighted by Crippen LogP contribution is -2.26. The second-order valence-electron chi connectivity index (χ2n) is 3.92. The summed E-state index contributed by atoms with van der Waals surface area (Å²) in [6.07, 6.45) is 0. The second-order valence-corrected chi connectivity index (χ2v) is 4.31. The van der Waals surface area contributed by atoms with Gasteiger partial charge in [-0.25, -0.2) is 4.99 Å². The van der Waals surface area contributed by atoms with Crippen molar-refractivity contribution in [3.05, 3.63) is 41.6 Å². The van der Waals surface area contributed by atoms with E-state index in [1.165, 1.54) is 0 Å². The van der Waals surface area contributed by atoms with Gasteiger partial charge in [0.25, 0.3) is 0 Å². The van der Waals surface area contributed by atoms with E-state index >= 15 is 0 Å². The van der Waals surface area contributed by atoms with Crippen LogP contribution in [-0.2, 0) is 0 Å². The van der Waals surface area contributed by atoms with Crippen LogP contribution in [0.15, 0.2) is 46.4 Å². The molecule has 0 bridgehead atoms. The van der Waals surface area contributed by atoms with Crippen molar-refractivity contribution in [3.63, 3.8) is 0 Å². The normalized spacial score (nSPS) is 11.0. The molecule has 1 aromatic heterocycles. The molecule has 9 heteroatoms. The molecule has 0 aliphatic heterocycles. The Balaban J connectivity index is 2.08. The second kappa shape index (κ2) is 6.53. The van der Waals surface area contributed by atoms with Crippen molar-refractivity contribution in [2.24, 2.45) is 27.2 Å². The van der Waals surface area contributed by atoms with Gasteiger partial charge < -0.3 is 22.5 Å². The van der Waals surface area contributed by atoms with Gasteiger partial charge in [0.1, 0.15) is 0 Å². The number of anilines is 2. The third-order valence-electron chi connectivity index (χ3n) is 2.26. The van der Waals surface area contributed by atoms with Gasteiger partial charge in [-0.1, -0.05) is 11.6 Å². The van der Waals surface area contributed by atoms with Crippen LogP contribution in [0.25, 0.3) is 0 Å². The number of hydrogen-bond donors (Lipinski definition) is 4. The van der Waals surface area contributed by atoms with Crippen LogP contribution in [0.2, 0.25) is 5.15 Å². The topological polar surface area (TPSA) is 141 Å². The van der Waals surface area contributed by atoms with Crippen LogP contribution in [0.3, 0.4) is 0 Å². The summed E-state index contributed by atoms with van der Waals surface area (Å²) in [7, 11) is 0. The van der Waals surface area contributed by atoms with Gasteiger partial charge in [-0.15, -0.1) is 10.2 Å². The molecule has 0 saturated carbocycles. The summed E-state index contributed by atoms with van der Waals surface area (Å²) in [6, 6.07) is 10.5. The Morgan fingerprint density at radius 2 is 1.71 bits per heavy atom. The predicted molar refractivity (Wildman–Crippen MR) is 83.9 cm³/mol. The molecule has 0 radical (unpaired) electrons. The van der Waals surface area contributed by atoms with Crippen molar-refractivity contribution in [3.8, 4) is 0 Å². The molecule has 1 heterocycles. The first kappa shape index (κ1) is 14.5. The van der Waals surface area contributed by atoms with E-state index in [-0.39, 0.29) is 11.9 Å². The molecule has 8 nitrogen and oxygen atoms in total. The molecule has 0 saturated heterocycles. The van der Waals surface area contributed by atoms with Gasteiger partial charge in [0.05, 0.1) is 5.69 Å². The standard InChI is InChI=1S/C12H13ClN8/c13-9-5-6-10(21-20-9)17-7-1-3-8(4-2-7)18-12(16)19-11(14)15/h1-6H,(H,17,21)(H6,14,15,16,18,19). The number of hydrogen-bond acceptors (Lipinski definition) is 4. The van der Waals surface area contributed by atoms with Gasteiger partial charge in [-0.05, 0) is 36.4 Å². The third kappa shape index (κ3) is 4.62. The lowest BCUT2D eigenvalue weighted by molar-refractivity contribution is 1.04. The summed E-state index contributed by atoms with van der Waals surface area (Å²) < 4.78 is 0. The summed E-state index contributed by atoms with van der Waals surface area (Å²) in [5.74, 6) is 0.422. The van der Waals surface area contributed by atoms with Crippen LogP contribution < -0.4 is 22.5 Å². The molecule has 1 aromatic carbocycles. The highest BCUT2D eigenvalue weighted by Gasteiger charge is 1.98. The highest BCUT2D eigenvalue weighted by atomic mass is 35.5. The van der Waals surface area contributed by atoms with Gasteiger partial charge in [-0.3, -0.25) is 0 Å². The molecule has 0 spiro atoms. The fourth-order valence-electron chi connectivity index (χ4n) is 1.44. The van der Waals surface area contributed by atoms with E-state index in [0.717, 1.165) is 5.69 Å². The van der Waals surface area contributed by atoms with E-state index in [2.05, 4.69) is 25.5 Å². The Labute approximate surface area is 125 Å². The summed E-state index contributed by atoms with van der Waals surface area (Å²) in [5, 5.41) is 11.0. The quantitative estimate of drug-likeness (QED) is 0.494.